The third-order valence-corrected chi connectivity index (χ3v) is 2.64. The molecule has 0 aliphatic heterocycles. The van der Waals surface area contributed by atoms with Crippen molar-refractivity contribution in [2.45, 2.75) is 20.8 Å². The lowest BCUT2D eigenvalue weighted by Crippen LogP contribution is -2.22. The highest BCUT2D eigenvalue weighted by Gasteiger charge is 2.13. The molecule has 1 aromatic carbocycles. The molecule has 0 bridgehead atoms. The van der Waals surface area contributed by atoms with Gasteiger partial charge in [0, 0.05) is 0 Å². The van der Waals surface area contributed by atoms with Crippen molar-refractivity contribution in [3.63, 3.8) is 0 Å². The number of carbonyl (C=O) groups is 1. The van der Waals surface area contributed by atoms with Gasteiger partial charge in [0.25, 0.3) is 0 Å². The highest BCUT2D eigenvalue weighted by molar-refractivity contribution is 5.89. The number of rotatable bonds is 2. The van der Waals surface area contributed by atoms with Crippen LogP contribution in [0.4, 0.5) is 0 Å². The molecule has 0 aliphatic carbocycles. The molecule has 2 rings (SSSR count). The number of hydrogen-bond donors (Lipinski definition) is 0. The standard InChI is InChI=1S/C13H14N2O2/c1-9-10(2)15(11(3)14-9)17-13(16)12-7-5-4-6-8-12/h4-8H,1-3H3. The van der Waals surface area contributed by atoms with E-state index >= 15 is 0 Å². The lowest BCUT2D eigenvalue weighted by atomic mass is 10.2. The van der Waals surface area contributed by atoms with Crippen molar-refractivity contribution < 1.29 is 9.63 Å². The first kappa shape index (κ1) is 11.4. The summed E-state index contributed by atoms with van der Waals surface area (Å²) in [5.74, 6) is 0.290. The molecular formula is C13H14N2O2. The molecule has 88 valence electrons. The Morgan fingerprint density at radius 3 is 2.35 bits per heavy atom. The Morgan fingerprint density at radius 2 is 1.82 bits per heavy atom. The zero-order chi connectivity index (χ0) is 12.4. The summed E-state index contributed by atoms with van der Waals surface area (Å²) in [6.45, 7) is 5.56. The number of aryl methyl sites for hydroxylation is 2. The van der Waals surface area contributed by atoms with Crippen molar-refractivity contribution in [3.05, 3.63) is 53.1 Å². The minimum absolute atomic E-state index is 0.380. The van der Waals surface area contributed by atoms with Gasteiger partial charge < -0.3 is 4.84 Å². The maximum absolute atomic E-state index is 11.9. The minimum Gasteiger partial charge on any atom is -0.330 e. The first-order valence-electron chi connectivity index (χ1n) is 5.40. The molecule has 0 saturated carbocycles. The largest absolute Gasteiger partial charge is 0.363 e. The van der Waals surface area contributed by atoms with Crippen LogP contribution < -0.4 is 4.84 Å². The smallest absolute Gasteiger partial charge is 0.330 e. The van der Waals surface area contributed by atoms with Crippen molar-refractivity contribution in [2.75, 3.05) is 0 Å². The van der Waals surface area contributed by atoms with E-state index in [1.54, 1.807) is 31.2 Å². The first-order chi connectivity index (χ1) is 8.09. The third kappa shape index (κ3) is 2.20. The lowest BCUT2D eigenvalue weighted by Gasteiger charge is -2.07. The normalized spacial score (nSPS) is 10.3. The summed E-state index contributed by atoms with van der Waals surface area (Å²) in [6.07, 6.45) is 0. The molecular weight excluding hydrogens is 216 g/mol. The monoisotopic (exact) mass is 230 g/mol. The molecule has 17 heavy (non-hydrogen) atoms. The van der Waals surface area contributed by atoms with Crippen LogP contribution in [0, 0.1) is 20.8 Å². The molecule has 0 fully saturated rings. The predicted molar refractivity (Wildman–Crippen MR) is 63.8 cm³/mol. The fourth-order valence-electron chi connectivity index (χ4n) is 1.60. The molecule has 0 spiro atoms. The van der Waals surface area contributed by atoms with Crippen LogP contribution in [0.15, 0.2) is 30.3 Å². The summed E-state index contributed by atoms with van der Waals surface area (Å²) in [4.78, 5) is 21.4. The van der Waals surface area contributed by atoms with Crippen LogP contribution in [0.5, 0.6) is 0 Å². The van der Waals surface area contributed by atoms with Crippen molar-refractivity contribution in [2.24, 2.45) is 0 Å². The van der Waals surface area contributed by atoms with E-state index in [0.717, 1.165) is 11.4 Å². The van der Waals surface area contributed by atoms with Gasteiger partial charge in [0.1, 0.15) is 5.82 Å². The van der Waals surface area contributed by atoms with Gasteiger partial charge in [0.15, 0.2) is 0 Å². The fourth-order valence-corrected chi connectivity index (χ4v) is 1.60. The van der Waals surface area contributed by atoms with Crippen molar-refractivity contribution in [1.29, 1.82) is 0 Å². The van der Waals surface area contributed by atoms with E-state index in [1.807, 2.05) is 19.9 Å². The van der Waals surface area contributed by atoms with Crippen molar-refractivity contribution >= 4 is 5.97 Å². The van der Waals surface area contributed by atoms with Crippen molar-refractivity contribution in [1.82, 2.24) is 9.71 Å². The van der Waals surface area contributed by atoms with E-state index in [4.69, 9.17) is 4.84 Å². The molecule has 0 aliphatic rings. The highest BCUT2D eigenvalue weighted by atomic mass is 16.7. The summed E-state index contributed by atoms with van der Waals surface area (Å²) in [5.41, 5.74) is 2.23. The molecule has 4 heteroatoms. The van der Waals surface area contributed by atoms with Gasteiger partial charge in [-0.3, -0.25) is 0 Å². The van der Waals surface area contributed by atoms with E-state index in [2.05, 4.69) is 4.98 Å². The average molecular weight is 230 g/mol. The molecule has 2 aromatic rings. The maximum atomic E-state index is 11.9. The van der Waals surface area contributed by atoms with Gasteiger partial charge in [-0.1, -0.05) is 18.2 Å². The Labute approximate surface area is 99.8 Å². The van der Waals surface area contributed by atoms with E-state index in [0.29, 0.717) is 11.4 Å². The van der Waals surface area contributed by atoms with Gasteiger partial charge >= 0.3 is 5.97 Å². The molecule has 4 nitrogen and oxygen atoms in total. The zero-order valence-electron chi connectivity index (χ0n) is 10.1. The van der Waals surface area contributed by atoms with Crippen LogP contribution in [0.2, 0.25) is 0 Å². The quantitative estimate of drug-likeness (QED) is 0.793. The fraction of sp³-hybridized carbons (Fsp3) is 0.231. The first-order valence-corrected chi connectivity index (χ1v) is 5.40. The second-order valence-corrected chi connectivity index (χ2v) is 3.87. The van der Waals surface area contributed by atoms with E-state index in [9.17, 15) is 4.79 Å². The average Bonchev–Trinajstić information content (AvgIpc) is 2.57. The summed E-state index contributed by atoms with van der Waals surface area (Å²) in [7, 11) is 0. The second kappa shape index (κ2) is 4.41. The van der Waals surface area contributed by atoms with Gasteiger partial charge in [-0.2, -0.15) is 4.73 Å². The van der Waals surface area contributed by atoms with Gasteiger partial charge in [-0.15, -0.1) is 0 Å². The number of hydrogen-bond acceptors (Lipinski definition) is 3. The lowest BCUT2D eigenvalue weighted by molar-refractivity contribution is 0.0440. The Morgan fingerprint density at radius 1 is 1.18 bits per heavy atom. The Hall–Kier alpha value is -2.10. The molecule has 0 radical (unpaired) electrons. The highest BCUT2D eigenvalue weighted by Crippen LogP contribution is 2.08. The number of nitrogens with zero attached hydrogens (tertiary/aromatic N) is 2. The summed E-state index contributed by atoms with van der Waals surface area (Å²) >= 11 is 0. The van der Waals surface area contributed by atoms with Crippen LogP contribution in [0.1, 0.15) is 27.6 Å². The second-order valence-electron chi connectivity index (χ2n) is 3.87. The van der Waals surface area contributed by atoms with Gasteiger partial charge in [-0.25, -0.2) is 9.78 Å². The van der Waals surface area contributed by atoms with Crippen LogP contribution >= 0.6 is 0 Å². The summed E-state index contributed by atoms with van der Waals surface area (Å²) < 4.78 is 1.46. The van der Waals surface area contributed by atoms with Crippen LogP contribution in [-0.4, -0.2) is 15.7 Å². The van der Waals surface area contributed by atoms with Crippen LogP contribution in [-0.2, 0) is 0 Å². The third-order valence-electron chi connectivity index (χ3n) is 2.64. The number of benzene rings is 1. The zero-order valence-corrected chi connectivity index (χ0v) is 10.1. The van der Waals surface area contributed by atoms with E-state index in [-0.39, 0.29) is 5.97 Å². The topological polar surface area (TPSA) is 44.1 Å². The molecule has 0 unspecified atom stereocenters. The van der Waals surface area contributed by atoms with Gasteiger partial charge in [-0.05, 0) is 32.9 Å². The molecule has 1 heterocycles. The molecule has 0 saturated heterocycles. The minimum atomic E-state index is -0.380. The number of carbonyl (C=O) groups excluding carboxylic acids is 1. The summed E-state index contributed by atoms with van der Waals surface area (Å²) in [5, 5.41) is 0. The summed E-state index contributed by atoms with van der Waals surface area (Å²) in [6, 6.07) is 8.90. The molecule has 1 aromatic heterocycles. The molecule has 0 amide bonds. The molecule has 0 atom stereocenters. The Balaban J connectivity index is 2.25. The predicted octanol–water partition coefficient (Wildman–Crippen LogP) is 2.08. The number of imidazole rings is 1. The van der Waals surface area contributed by atoms with Gasteiger partial charge in [0.05, 0.1) is 17.0 Å². The van der Waals surface area contributed by atoms with E-state index in [1.165, 1.54) is 4.73 Å². The van der Waals surface area contributed by atoms with E-state index < -0.39 is 0 Å². The Bertz CT molecular complexity index is 544. The Kier molecular flexibility index (Phi) is 2.95. The van der Waals surface area contributed by atoms with Crippen LogP contribution in [0.25, 0.3) is 0 Å². The number of aromatic nitrogens is 2. The molecule has 0 N–H and O–H groups in total. The SMILES string of the molecule is Cc1nc(C)n(OC(=O)c2ccccc2)c1C. The maximum Gasteiger partial charge on any atom is 0.363 e. The van der Waals surface area contributed by atoms with Gasteiger partial charge in [0.2, 0.25) is 0 Å². The van der Waals surface area contributed by atoms with Crippen molar-refractivity contribution in [3.8, 4) is 0 Å². The van der Waals surface area contributed by atoms with Crippen LogP contribution in [0.3, 0.4) is 0 Å².